The van der Waals surface area contributed by atoms with E-state index in [0.29, 0.717) is 25.3 Å². The predicted octanol–water partition coefficient (Wildman–Crippen LogP) is 1.26. The van der Waals surface area contributed by atoms with Gasteiger partial charge in [0.15, 0.2) is 5.65 Å². The van der Waals surface area contributed by atoms with Crippen LogP contribution in [0.25, 0.3) is 5.65 Å². The summed E-state index contributed by atoms with van der Waals surface area (Å²) >= 11 is 0. The second kappa shape index (κ2) is 8.44. The van der Waals surface area contributed by atoms with E-state index in [2.05, 4.69) is 5.10 Å². The van der Waals surface area contributed by atoms with Gasteiger partial charge >= 0.3 is 5.69 Å². The summed E-state index contributed by atoms with van der Waals surface area (Å²) in [5, 5.41) is 4.27. The highest BCUT2D eigenvalue weighted by molar-refractivity contribution is 5.76. The SMILES string of the molecule is NCCCN(Cc1ccccc1)C(=O)CCn1nc2ccccn2c1=O. The van der Waals surface area contributed by atoms with E-state index in [1.54, 1.807) is 23.2 Å². The molecule has 0 atom stereocenters. The molecule has 136 valence electrons. The van der Waals surface area contributed by atoms with E-state index in [1.807, 2.05) is 36.4 Å². The molecule has 2 N–H and O–H groups in total. The lowest BCUT2D eigenvalue weighted by Crippen LogP contribution is -2.34. The normalized spacial score (nSPS) is 11.0. The molecule has 1 amide bonds. The average molecular weight is 353 g/mol. The molecule has 0 saturated carbocycles. The summed E-state index contributed by atoms with van der Waals surface area (Å²) in [5.74, 6) is -0.00809. The lowest BCUT2D eigenvalue weighted by Gasteiger charge is -2.22. The van der Waals surface area contributed by atoms with Gasteiger partial charge in [-0.2, -0.15) is 0 Å². The number of benzene rings is 1. The summed E-state index contributed by atoms with van der Waals surface area (Å²) in [4.78, 5) is 26.8. The molecule has 0 aliphatic heterocycles. The first-order valence-electron chi connectivity index (χ1n) is 8.75. The summed E-state index contributed by atoms with van der Waals surface area (Å²) in [6, 6.07) is 15.2. The van der Waals surface area contributed by atoms with Crippen molar-refractivity contribution >= 4 is 11.6 Å². The molecule has 3 aromatic rings. The standard InChI is InChI=1S/C19H23N5O2/c20-11-6-12-22(15-16-7-2-1-3-8-16)18(25)10-14-24-19(26)23-13-5-4-9-17(23)21-24/h1-5,7-9,13H,6,10-12,14-15,20H2. The van der Waals surface area contributed by atoms with Crippen molar-refractivity contribution in [3.63, 3.8) is 0 Å². The Morgan fingerprint density at radius 2 is 1.88 bits per heavy atom. The minimum atomic E-state index is -0.232. The van der Waals surface area contributed by atoms with Crippen molar-refractivity contribution in [1.29, 1.82) is 0 Å². The average Bonchev–Trinajstić information content (AvgIpc) is 3.00. The third kappa shape index (κ3) is 4.18. The minimum absolute atomic E-state index is 0.00809. The van der Waals surface area contributed by atoms with Crippen LogP contribution in [0.5, 0.6) is 0 Å². The first kappa shape index (κ1) is 17.9. The second-order valence-electron chi connectivity index (χ2n) is 6.13. The zero-order chi connectivity index (χ0) is 18.4. The molecule has 3 rings (SSSR count). The predicted molar refractivity (Wildman–Crippen MR) is 99.6 cm³/mol. The van der Waals surface area contributed by atoms with Crippen LogP contribution in [-0.2, 0) is 17.9 Å². The Morgan fingerprint density at radius 3 is 2.62 bits per heavy atom. The number of aromatic nitrogens is 3. The van der Waals surface area contributed by atoms with E-state index in [1.165, 1.54) is 9.08 Å². The van der Waals surface area contributed by atoms with Crippen LogP contribution in [0.4, 0.5) is 0 Å². The van der Waals surface area contributed by atoms with Crippen LogP contribution >= 0.6 is 0 Å². The van der Waals surface area contributed by atoms with E-state index >= 15 is 0 Å². The molecular formula is C19H23N5O2. The van der Waals surface area contributed by atoms with Gasteiger partial charge in [-0.1, -0.05) is 36.4 Å². The number of nitrogens with zero attached hydrogens (tertiary/aromatic N) is 4. The van der Waals surface area contributed by atoms with E-state index in [0.717, 1.165) is 12.0 Å². The largest absolute Gasteiger partial charge is 0.350 e. The van der Waals surface area contributed by atoms with Crippen molar-refractivity contribution in [3.05, 3.63) is 70.8 Å². The summed E-state index contributed by atoms with van der Waals surface area (Å²) in [6.45, 7) is 1.93. The lowest BCUT2D eigenvalue weighted by atomic mass is 10.2. The number of hydrogen-bond donors (Lipinski definition) is 1. The van der Waals surface area contributed by atoms with Crippen LogP contribution in [0, 0.1) is 0 Å². The Balaban J connectivity index is 1.68. The maximum Gasteiger partial charge on any atom is 0.350 e. The summed E-state index contributed by atoms with van der Waals surface area (Å²) in [5.41, 5.74) is 7.02. The van der Waals surface area contributed by atoms with Gasteiger partial charge in [0.2, 0.25) is 5.91 Å². The van der Waals surface area contributed by atoms with Gasteiger partial charge in [0.05, 0.1) is 6.54 Å². The van der Waals surface area contributed by atoms with Crippen LogP contribution < -0.4 is 11.4 Å². The van der Waals surface area contributed by atoms with Crippen LogP contribution in [0.1, 0.15) is 18.4 Å². The summed E-state index contributed by atoms with van der Waals surface area (Å²) in [7, 11) is 0. The Hall–Kier alpha value is -2.93. The number of carbonyl (C=O) groups excluding carboxylic acids is 1. The molecule has 7 nitrogen and oxygen atoms in total. The zero-order valence-electron chi connectivity index (χ0n) is 14.6. The monoisotopic (exact) mass is 353 g/mol. The van der Waals surface area contributed by atoms with Crippen LogP contribution in [0.2, 0.25) is 0 Å². The highest BCUT2D eigenvalue weighted by atomic mass is 16.2. The fourth-order valence-electron chi connectivity index (χ4n) is 2.85. The fraction of sp³-hybridized carbons (Fsp3) is 0.316. The smallest absolute Gasteiger partial charge is 0.338 e. The van der Waals surface area contributed by atoms with E-state index in [-0.39, 0.29) is 24.6 Å². The minimum Gasteiger partial charge on any atom is -0.338 e. The summed E-state index contributed by atoms with van der Waals surface area (Å²) in [6.07, 6.45) is 2.64. The lowest BCUT2D eigenvalue weighted by molar-refractivity contribution is -0.132. The topological polar surface area (TPSA) is 85.6 Å². The third-order valence-corrected chi connectivity index (χ3v) is 4.23. The highest BCUT2D eigenvalue weighted by Gasteiger charge is 2.15. The Labute approximate surface area is 151 Å². The first-order valence-corrected chi connectivity index (χ1v) is 8.75. The first-order chi connectivity index (χ1) is 12.7. The fourth-order valence-corrected chi connectivity index (χ4v) is 2.85. The van der Waals surface area contributed by atoms with Crippen molar-refractivity contribution in [1.82, 2.24) is 19.1 Å². The molecule has 0 aliphatic rings. The van der Waals surface area contributed by atoms with Crippen LogP contribution in [0.15, 0.2) is 59.5 Å². The second-order valence-corrected chi connectivity index (χ2v) is 6.13. The van der Waals surface area contributed by atoms with Gasteiger partial charge in [-0.15, -0.1) is 5.10 Å². The molecule has 0 saturated heterocycles. The number of carbonyl (C=O) groups is 1. The van der Waals surface area contributed by atoms with Gasteiger partial charge in [-0.25, -0.2) is 9.48 Å². The maximum atomic E-state index is 12.7. The van der Waals surface area contributed by atoms with E-state index < -0.39 is 0 Å². The third-order valence-electron chi connectivity index (χ3n) is 4.23. The molecule has 2 aromatic heterocycles. The van der Waals surface area contributed by atoms with E-state index in [9.17, 15) is 9.59 Å². The van der Waals surface area contributed by atoms with Gasteiger partial charge in [0.1, 0.15) is 0 Å². The highest BCUT2D eigenvalue weighted by Crippen LogP contribution is 2.07. The maximum absolute atomic E-state index is 12.7. The molecular weight excluding hydrogens is 330 g/mol. The van der Waals surface area contributed by atoms with Gasteiger partial charge in [0, 0.05) is 25.7 Å². The molecule has 1 aromatic carbocycles. The molecule has 0 spiro atoms. The van der Waals surface area contributed by atoms with Gasteiger partial charge < -0.3 is 10.6 Å². The van der Waals surface area contributed by atoms with E-state index in [4.69, 9.17) is 5.73 Å². The number of fused-ring (bicyclic) bond motifs is 1. The Kier molecular flexibility index (Phi) is 5.80. The van der Waals surface area contributed by atoms with Crippen LogP contribution in [-0.4, -0.2) is 38.1 Å². The van der Waals surface area contributed by atoms with Crippen LogP contribution in [0.3, 0.4) is 0 Å². The number of hydrogen-bond acceptors (Lipinski definition) is 4. The molecule has 0 unspecified atom stereocenters. The zero-order valence-corrected chi connectivity index (χ0v) is 14.6. The van der Waals surface area contributed by atoms with Gasteiger partial charge in [-0.05, 0) is 30.7 Å². The molecule has 0 aliphatic carbocycles. The molecule has 26 heavy (non-hydrogen) atoms. The number of pyridine rings is 1. The number of amides is 1. The van der Waals surface area contributed by atoms with Crippen molar-refractivity contribution in [3.8, 4) is 0 Å². The molecule has 0 fully saturated rings. The number of aryl methyl sites for hydroxylation is 1. The van der Waals surface area contributed by atoms with Crippen molar-refractivity contribution in [2.45, 2.75) is 25.9 Å². The Morgan fingerprint density at radius 1 is 1.12 bits per heavy atom. The molecule has 7 heteroatoms. The Bertz CT molecular complexity index is 916. The summed E-state index contributed by atoms with van der Waals surface area (Å²) < 4.78 is 2.82. The number of rotatable bonds is 8. The van der Waals surface area contributed by atoms with Crippen molar-refractivity contribution < 1.29 is 4.79 Å². The number of nitrogens with two attached hydrogens (primary N) is 1. The van der Waals surface area contributed by atoms with Crippen molar-refractivity contribution in [2.24, 2.45) is 5.73 Å². The van der Waals surface area contributed by atoms with Gasteiger partial charge in [-0.3, -0.25) is 9.20 Å². The van der Waals surface area contributed by atoms with Crippen molar-refractivity contribution in [2.75, 3.05) is 13.1 Å². The molecule has 0 radical (unpaired) electrons. The van der Waals surface area contributed by atoms with Gasteiger partial charge in [0.25, 0.3) is 0 Å². The molecule has 0 bridgehead atoms. The quantitative estimate of drug-likeness (QED) is 0.661. The molecule has 2 heterocycles.